The molecule has 0 saturated carbocycles. The molecule has 2 saturated heterocycles. The van der Waals surface area contributed by atoms with E-state index in [1.54, 1.807) is 0 Å². The van der Waals surface area contributed by atoms with Gasteiger partial charge in [0.25, 0.3) is 0 Å². The predicted molar refractivity (Wildman–Crippen MR) is 99.9 cm³/mol. The van der Waals surface area contributed by atoms with Crippen LogP contribution in [0.2, 0.25) is 0 Å². The van der Waals surface area contributed by atoms with Crippen molar-refractivity contribution in [3.05, 3.63) is 0 Å². The van der Waals surface area contributed by atoms with E-state index < -0.39 is 0 Å². The van der Waals surface area contributed by atoms with Crippen molar-refractivity contribution >= 4 is 11.8 Å². The summed E-state index contributed by atoms with van der Waals surface area (Å²) in [5, 5.41) is 0. The number of carbonyl (C=O) groups excluding carboxylic acids is 2. The molecule has 2 heterocycles. The van der Waals surface area contributed by atoms with Gasteiger partial charge in [-0.05, 0) is 25.7 Å². The van der Waals surface area contributed by atoms with Crippen LogP contribution in [0.25, 0.3) is 0 Å². The Morgan fingerprint density at radius 1 is 0.667 bits per heavy atom. The highest BCUT2D eigenvalue weighted by atomic mass is 16.2. The molecule has 0 aromatic rings. The maximum Gasteiger partial charge on any atom is 0.222 e. The van der Waals surface area contributed by atoms with Crippen LogP contribution in [0.5, 0.6) is 0 Å². The molecule has 4 heteroatoms. The second-order valence-electron chi connectivity index (χ2n) is 7.09. The summed E-state index contributed by atoms with van der Waals surface area (Å²) < 4.78 is 0. The Balaban J connectivity index is 0.000000240. The fourth-order valence-corrected chi connectivity index (χ4v) is 3.34. The van der Waals surface area contributed by atoms with Crippen LogP contribution in [0.4, 0.5) is 0 Å². The molecule has 0 radical (unpaired) electrons. The van der Waals surface area contributed by atoms with E-state index in [1.165, 1.54) is 51.4 Å². The Morgan fingerprint density at radius 3 is 1.38 bits per heavy atom. The smallest absolute Gasteiger partial charge is 0.222 e. The molecule has 0 N–H and O–H groups in total. The summed E-state index contributed by atoms with van der Waals surface area (Å²) in [7, 11) is 0. The average Bonchev–Trinajstić information content (AvgIpc) is 3.18. The first-order chi connectivity index (χ1) is 11.7. The van der Waals surface area contributed by atoms with Crippen molar-refractivity contribution in [2.45, 2.75) is 90.9 Å². The van der Waals surface area contributed by atoms with Crippen molar-refractivity contribution in [2.75, 3.05) is 26.2 Å². The minimum atomic E-state index is 0.367. The van der Waals surface area contributed by atoms with Crippen molar-refractivity contribution in [1.82, 2.24) is 9.80 Å². The van der Waals surface area contributed by atoms with Crippen LogP contribution in [0, 0.1) is 0 Å². The third kappa shape index (κ3) is 8.70. The molecule has 2 aliphatic rings. The highest BCUT2D eigenvalue weighted by Crippen LogP contribution is 2.12. The van der Waals surface area contributed by atoms with Gasteiger partial charge < -0.3 is 9.80 Å². The zero-order valence-electron chi connectivity index (χ0n) is 16.0. The Labute approximate surface area is 149 Å². The fourth-order valence-electron chi connectivity index (χ4n) is 3.34. The van der Waals surface area contributed by atoms with Crippen molar-refractivity contribution in [3.8, 4) is 0 Å². The highest BCUT2D eigenvalue weighted by Gasteiger charge is 2.19. The molecule has 0 unspecified atom stereocenters. The van der Waals surface area contributed by atoms with Crippen LogP contribution >= 0.6 is 0 Å². The predicted octanol–water partition coefficient (Wildman–Crippen LogP) is 4.38. The van der Waals surface area contributed by atoms with Crippen LogP contribution in [-0.4, -0.2) is 47.8 Å². The fraction of sp³-hybridized carbons (Fsp3) is 0.900. The van der Waals surface area contributed by atoms with Gasteiger partial charge in [-0.3, -0.25) is 9.59 Å². The van der Waals surface area contributed by atoms with Crippen molar-refractivity contribution in [1.29, 1.82) is 0 Å². The summed E-state index contributed by atoms with van der Waals surface area (Å²) in [5.41, 5.74) is 0. The number of unbranched alkanes of at least 4 members (excludes halogenated alkanes) is 6. The molecule has 0 aliphatic carbocycles. The van der Waals surface area contributed by atoms with Crippen molar-refractivity contribution in [2.24, 2.45) is 0 Å². The van der Waals surface area contributed by atoms with E-state index in [0.29, 0.717) is 11.8 Å². The van der Waals surface area contributed by atoms with E-state index in [1.807, 2.05) is 9.80 Å². The Hall–Kier alpha value is -1.06. The van der Waals surface area contributed by atoms with Gasteiger partial charge in [0.05, 0.1) is 0 Å². The number of nitrogens with zero attached hydrogens (tertiary/aromatic N) is 2. The summed E-state index contributed by atoms with van der Waals surface area (Å²) in [6.07, 6.45) is 13.8. The molecule has 4 nitrogen and oxygen atoms in total. The van der Waals surface area contributed by atoms with E-state index >= 15 is 0 Å². The van der Waals surface area contributed by atoms with E-state index in [2.05, 4.69) is 13.8 Å². The quantitative estimate of drug-likeness (QED) is 0.555. The van der Waals surface area contributed by atoms with Crippen molar-refractivity contribution < 1.29 is 9.59 Å². The summed E-state index contributed by atoms with van der Waals surface area (Å²) in [6.45, 7) is 8.43. The minimum absolute atomic E-state index is 0.367. The molecule has 2 amide bonds. The lowest BCUT2D eigenvalue weighted by Gasteiger charge is -2.14. The molecule has 0 atom stereocenters. The van der Waals surface area contributed by atoms with Crippen LogP contribution in [0.15, 0.2) is 0 Å². The highest BCUT2D eigenvalue weighted by molar-refractivity contribution is 5.78. The molecule has 0 spiro atoms. The molecule has 140 valence electrons. The molecule has 2 aliphatic heterocycles. The molecule has 0 bridgehead atoms. The largest absolute Gasteiger partial charge is 0.343 e. The zero-order chi connectivity index (χ0) is 17.6. The van der Waals surface area contributed by atoms with Crippen LogP contribution < -0.4 is 0 Å². The number of hydrogen-bond donors (Lipinski definition) is 0. The third-order valence-electron chi connectivity index (χ3n) is 4.91. The first-order valence-electron chi connectivity index (χ1n) is 10.2. The van der Waals surface area contributed by atoms with E-state index in [0.717, 1.165) is 51.9 Å². The van der Waals surface area contributed by atoms with Gasteiger partial charge in [-0.25, -0.2) is 0 Å². The lowest BCUT2D eigenvalue weighted by atomic mass is 10.2. The third-order valence-corrected chi connectivity index (χ3v) is 4.91. The monoisotopic (exact) mass is 338 g/mol. The first-order valence-corrected chi connectivity index (χ1v) is 10.2. The topological polar surface area (TPSA) is 40.6 Å². The average molecular weight is 339 g/mol. The lowest BCUT2D eigenvalue weighted by Crippen LogP contribution is -2.25. The Morgan fingerprint density at radius 2 is 1.08 bits per heavy atom. The molecule has 0 aromatic carbocycles. The summed E-state index contributed by atoms with van der Waals surface area (Å²) in [4.78, 5) is 26.3. The maximum atomic E-state index is 11.2. The van der Waals surface area contributed by atoms with Crippen LogP contribution in [0.3, 0.4) is 0 Å². The van der Waals surface area contributed by atoms with Gasteiger partial charge in [-0.2, -0.15) is 0 Å². The molecular formula is C20H38N2O2. The number of likely N-dealkylation sites (tertiary alicyclic amines) is 2. The lowest BCUT2D eigenvalue weighted by molar-refractivity contribution is -0.128. The molecule has 24 heavy (non-hydrogen) atoms. The standard InChI is InChI=1S/2C10H19NO/c2*1-2-3-4-5-8-11-9-6-7-10(11)12/h2*2-9H2,1H3. The van der Waals surface area contributed by atoms with E-state index in [4.69, 9.17) is 0 Å². The van der Waals surface area contributed by atoms with Gasteiger partial charge in [0, 0.05) is 39.0 Å². The molecular weight excluding hydrogens is 300 g/mol. The summed E-state index contributed by atoms with van der Waals surface area (Å²) in [6, 6.07) is 0. The number of hydrogen-bond acceptors (Lipinski definition) is 2. The molecule has 0 aromatic heterocycles. The van der Waals surface area contributed by atoms with Crippen molar-refractivity contribution in [3.63, 3.8) is 0 Å². The van der Waals surface area contributed by atoms with Crippen LogP contribution in [-0.2, 0) is 9.59 Å². The van der Waals surface area contributed by atoms with Gasteiger partial charge >= 0.3 is 0 Å². The number of amides is 2. The molecule has 2 rings (SSSR count). The van der Waals surface area contributed by atoms with E-state index in [-0.39, 0.29) is 0 Å². The second kappa shape index (κ2) is 13.3. The minimum Gasteiger partial charge on any atom is -0.343 e. The maximum absolute atomic E-state index is 11.2. The summed E-state index contributed by atoms with van der Waals surface area (Å²) in [5.74, 6) is 0.734. The van der Waals surface area contributed by atoms with Gasteiger partial charge in [0.1, 0.15) is 0 Å². The van der Waals surface area contributed by atoms with Gasteiger partial charge in [0.15, 0.2) is 0 Å². The zero-order valence-corrected chi connectivity index (χ0v) is 16.0. The Kier molecular flexibility index (Phi) is 11.6. The number of rotatable bonds is 10. The first kappa shape index (κ1) is 21.0. The second-order valence-corrected chi connectivity index (χ2v) is 7.09. The van der Waals surface area contributed by atoms with Crippen LogP contribution in [0.1, 0.15) is 90.9 Å². The van der Waals surface area contributed by atoms with Gasteiger partial charge in [0.2, 0.25) is 11.8 Å². The van der Waals surface area contributed by atoms with Gasteiger partial charge in [-0.15, -0.1) is 0 Å². The molecule has 2 fully saturated rings. The van der Waals surface area contributed by atoms with E-state index in [9.17, 15) is 9.59 Å². The normalized spacial score (nSPS) is 17.4. The summed E-state index contributed by atoms with van der Waals surface area (Å²) >= 11 is 0. The number of carbonyl (C=O) groups is 2. The Bertz CT molecular complexity index is 324. The van der Waals surface area contributed by atoms with Gasteiger partial charge in [-0.1, -0.05) is 52.4 Å². The SMILES string of the molecule is CCCCCCN1CCCC1=O.CCCCCCN1CCCC1=O.